The molecule has 2 aromatic carbocycles. The first-order chi connectivity index (χ1) is 13.3. The Morgan fingerprint density at radius 1 is 0.964 bits per heavy atom. The van der Waals surface area contributed by atoms with E-state index in [-0.39, 0.29) is 17.9 Å². The maximum absolute atomic E-state index is 13.2. The molecule has 2 aromatic rings. The standard InChI is InChI=1S/C24H32N2O2/c1-6-22(24(28)25-17(2)3)26(16-20-12-10-18(4)11-13-20)23(27)15-21-9-7-8-19(5)14-21/h7-14,17,22H,6,15-16H2,1-5H3,(H,25,28)/t22-/m0/s1. The molecule has 0 aliphatic heterocycles. The van der Waals surface area contributed by atoms with Gasteiger partial charge >= 0.3 is 0 Å². The van der Waals surface area contributed by atoms with E-state index in [4.69, 9.17) is 0 Å². The van der Waals surface area contributed by atoms with Gasteiger partial charge in [-0.1, -0.05) is 66.6 Å². The molecule has 1 N–H and O–H groups in total. The minimum atomic E-state index is -0.485. The average Bonchev–Trinajstić information content (AvgIpc) is 2.62. The van der Waals surface area contributed by atoms with Crippen molar-refractivity contribution >= 4 is 11.8 Å². The van der Waals surface area contributed by atoms with Crippen LogP contribution in [0.25, 0.3) is 0 Å². The van der Waals surface area contributed by atoms with Crippen LogP contribution < -0.4 is 5.32 Å². The van der Waals surface area contributed by atoms with E-state index in [0.29, 0.717) is 19.4 Å². The van der Waals surface area contributed by atoms with Crippen molar-refractivity contribution in [3.63, 3.8) is 0 Å². The lowest BCUT2D eigenvalue weighted by Gasteiger charge is -2.31. The summed E-state index contributed by atoms with van der Waals surface area (Å²) in [5, 5.41) is 2.96. The molecule has 0 unspecified atom stereocenters. The number of hydrogen-bond acceptors (Lipinski definition) is 2. The van der Waals surface area contributed by atoms with Gasteiger partial charge in [-0.05, 0) is 45.2 Å². The predicted octanol–water partition coefficient (Wildman–Crippen LogP) is 4.18. The number of benzene rings is 2. The maximum Gasteiger partial charge on any atom is 0.243 e. The molecule has 0 spiro atoms. The summed E-state index contributed by atoms with van der Waals surface area (Å²) in [5.74, 6) is -0.126. The number of aryl methyl sites for hydroxylation is 2. The smallest absolute Gasteiger partial charge is 0.243 e. The Morgan fingerprint density at radius 2 is 1.64 bits per heavy atom. The fraction of sp³-hybridized carbons (Fsp3) is 0.417. The Kier molecular flexibility index (Phi) is 7.80. The van der Waals surface area contributed by atoms with Crippen LogP contribution >= 0.6 is 0 Å². The molecule has 0 fully saturated rings. The highest BCUT2D eigenvalue weighted by Crippen LogP contribution is 2.16. The van der Waals surface area contributed by atoms with Crippen molar-refractivity contribution in [3.8, 4) is 0 Å². The Morgan fingerprint density at radius 3 is 2.21 bits per heavy atom. The molecular formula is C24H32N2O2. The second kappa shape index (κ2) is 10.1. The van der Waals surface area contributed by atoms with E-state index in [1.165, 1.54) is 5.56 Å². The number of nitrogens with zero attached hydrogens (tertiary/aromatic N) is 1. The number of carbonyl (C=O) groups excluding carboxylic acids is 2. The molecule has 0 aliphatic carbocycles. The topological polar surface area (TPSA) is 49.4 Å². The Bertz CT molecular complexity index is 797. The Hall–Kier alpha value is -2.62. The first-order valence-corrected chi connectivity index (χ1v) is 10.0. The van der Waals surface area contributed by atoms with Crippen molar-refractivity contribution in [2.75, 3.05) is 0 Å². The highest BCUT2D eigenvalue weighted by atomic mass is 16.2. The van der Waals surface area contributed by atoms with Gasteiger partial charge in [-0.15, -0.1) is 0 Å². The lowest BCUT2D eigenvalue weighted by Crippen LogP contribution is -2.50. The zero-order valence-electron chi connectivity index (χ0n) is 17.7. The molecule has 1 atom stereocenters. The van der Waals surface area contributed by atoms with Gasteiger partial charge in [0.25, 0.3) is 0 Å². The lowest BCUT2D eigenvalue weighted by atomic mass is 10.0. The fourth-order valence-corrected chi connectivity index (χ4v) is 3.29. The van der Waals surface area contributed by atoms with E-state index >= 15 is 0 Å². The molecule has 0 saturated heterocycles. The van der Waals surface area contributed by atoms with Crippen molar-refractivity contribution in [1.82, 2.24) is 10.2 Å². The summed E-state index contributed by atoms with van der Waals surface area (Å²) in [4.78, 5) is 27.7. The van der Waals surface area contributed by atoms with Crippen LogP contribution in [-0.4, -0.2) is 28.8 Å². The van der Waals surface area contributed by atoms with Gasteiger partial charge in [-0.2, -0.15) is 0 Å². The number of amides is 2. The second-order valence-electron chi connectivity index (χ2n) is 7.76. The molecule has 0 aliphatic rings. The third kappa shape index (κ3) is 6.22. The van der Waals surface area contributed by atoms with Gasteiger partial charge in [-0.3, -0.25) is 9.59 Å². The van der Waals surface area contributed by atoms with Crippen LogP contribution in [0.2, 0.25) is 0 Å². The van der Waals surface area contributed by atoms with Gasteiger partial charge in [0.15, 0.2) is 0 Å². The van der Waals surface area contributed by atoms with E-state index < -0.39 is 6.04 Å². The van der Waals surface area contributed by atoms with Gasteiger partial charge < -0.3 is 10.2 Å². The summed E-state index contributed by atoms with van der Waals surface area (Å²) < 4.78 is 0. The summed E-state index contributed by atoms with van der Waals surface area (Å²) >= 11 is 0. The van der Waals surface area contributed by atoms with Crippen molar-refractivity contribution < 1.29 is 9.59 Å². The number of carbonyl (C=O) groups is 2. The molecule has 0 saturated carbocycles. The average molecular weight is 381 g/mol. The highest BCUT2D eigenvalue weighted by molar-refractivity contribution is 5.88. The van der Waals surface area contributed by atoms with Crippen LogP contribution in [0.15, 0.2) is 48.5 Å². The molecule has 0 aromatic heterocycles. The molecule has 4 heteroatoms. The molecular weight excluding hydrogens is 348 g/mol. The van der Waals surface area contributed by atoms with Crippen LogP contribution in [0.3, 0.4) is 0 Å². The monoisotopic (exact) mass is 380 g/mol. The fourth-order valence-electron chi connectivity index (χ4n) is 3.29. The van der Waals surface area contributed by atoms with Crippen molar-refractivity contribution in [2.24, 2.45) is 0 Å². The van der Waals surface area contributed by atoms with Crippen LogP contribution in [0, 0.1) is 13.8 Å². The normalized spacial score (nSPS) is 11.9. The second-order valence-corrected chi connectivity index (χ2v) is 7.76. The minimum Gasteiger partial charge on any atom is -0.352 e. The molecule has 4 nitrogen and oxygen atoms in total. The number of nitrogens with one attached hydrogen (secondary N) is 1. The summed E-state index contributed by atoms with van der Waals surface area (Å²) in [5.41, 5.74) is 4.29. The third-order valence-corrected chi connectivity index (χ3v) is 4.73. The van der Waals surface area contributed by atoms with Gasteiger partial charge in [0.1, 0.15) is 6.04 Å². The quantitative estimate of drug-likeness (QED) is 0.747. The van der Waals surface area contributed by atoms with E-state index in [2.05, 4.69) is 5.32 Å². The van der Waals surface area contributed by atoms with Gasteiger partial charge in [0.2, 0.25) is 11.8 Å². The third-order valence-electron chi connectivity index (χ3n) is 4.73. The van der Waals surface area contributed by atoms with E-state index in [1.807, 2.05) is 83.1 Å². The molecule has 2 rings (SSSR count). The maximum atomic E-state index is 13.2. The predicted molar refractivity (Wildman–Crippen MR) is 114 cm³/mol. The van der Waals surface area contributed by atoms with Crippen molar-refractivity contribution in [3.05, 3.63) is 70.8 Å². The van der Waals surface area contributed by atoms with E-state index in [0.717, 1.165) is 16.7 Å². The van der Waals surface area contributed by atoms with Gasteiger partial charge in [0.05, 0.1) is 6.42 Å². The SMILES string of the molecule is CC[C@@H](C(=O)NC(C)C)N(Cc1ccc(C)cc1)C(=O)Cc1cccc(C)c1. The van der Waals surface area contributed by atoms with Crippen LogP contribution in [0.4, 0.5) is 0 Å². The summed E-state index contributed by atoms with van der Waals surface area (Å²) in [6.45, 7) is 10.3. The molecule has 2 amide bonds. The molecule has 150 valence electrons. The summed E-state index contributed by atoms with van der Waals surface area (Å²) in [6.07, 6.45) is 0.864. The van der Waals surface area contributed by atoms with E-state index in [1.54, 1.807) is 4.90 Å². The van der Waals surface area contributed by atoms with Crippen LogP contribution in [0.1, 0.15) is 49.4 Å². The molecule has 0 heterocycles. The van der Waals surface area contributed by atoms with Gasteiger partial charge in [0, 0.05) is 12.6 Å². The molecule has 0 bridgehead atoms. The zero-order valence-corrected chi connectivity index (χ0v) is 17.7. The van der Waals surface area contributed by atoms with Crippen LogP contribution in [-0.2, 0) is 22.6 Å². The highest BCUT2D eigenvalue weighted by Gasteiger charge is 2.28. The number of hydrogen-bond donors (Lipinski definition) is 1. The minimum absolute atomic E-state index is 0.0306. The van der Waals surface area contributed by atoms with Crippen LogP contribution in [0.5, 0.6) is 0 Å². The van der Waals surface area contributed by atoms with E-state index in [9.17, 15) is 9.59 Å². The largest absolute Gasteiger partial charge is 0.352 e. The van der Waals surface area contributed by atoms with Crippen molar-refractivity contribution in [2.45, 2.75) is 66.1 Å². The molecule has 0 radical (unpaired) electrons. The Labute approximate surface area is 169 Å². The first kappa shape index (κ1) is 21.7. The Balaban J connectivity index is 2.28. The first-order valence-electron chi connectivity index (χ1n) is 10.0. The zero-order chi connectivity index (χ0) is 20.7. The summed E-state index contributed by atoms with van der Waals surface area (Å²) in [7, 11) is 0. The summed E-state index contributed by atoms with van der Waals surface area (Å²) in [6, 6.07) is 15.6. The van der Waals surface area contributed by atoms with Gasteiger partial charge in [-0.25, -0.2) is 0 Å². The number of rotatable bonds is 8. The lowest BCUT2D eigenvalue weighted by molar-refractivity contribution is -0.141. The van der Waals surface area contributed by atoms with Crippen molar-refractivity contribution in [1.29, 1.82) is 0 Å². The molecule has 28 heavy (non-hydrogen) atoms.